The molecule has 0 amide bonds. The maximum atomic E-state index is 12.6. The van der Waals surface area contributed by atoms with Crippen LogP contribution in [-0.2, 0) is 19.1 Å². The van der Waals surface area contributed by atoms with Gasteiger partial charge in [0, 0.05) is 19.3 Å². The summed E-state index contributed by atoms with van der Waals surface area (Å²) in [6.45, 7) is 10.6. The fraction of sp³-hybridized carbons (Fsp3) is 0.600. The van der Waals surface area contributed by atoms with E-state index in [0.29, 0.717) is 35.5 Å². The molecule has 4 saturated carbocycles. The second kappa shape index (κ2) is 12.5. The molecule has 4 heteroatoms. The number of hydrogen-bond donors (Lipinski definition) is 0. The summed E-state index contributed by atoms with van der Waals surface area (Å²) in [6.07, 6.45) is 12.4. The lowest BCUT2D eigenvalue weighted by Gasteiger charge is -2.62. The Hall–Kier alpha value is -2.88. The number of rotatable bonds is 7. The molecule has 4 nitrogen and oxygen atoms in total. The van der Waals surface area contributed by atoms with E-state index in [-0.39, 0.29) is 35.0 Å². The molecule has 0 N–H and O–H groups in total. The van der Waals surface area contributed by atoms with Gasteiger partial charge in [0.1, 0.15) is 12.2 Å². The van der Waals surface area contributed by atoms with E-state index >= 15 is 0 Å². The highest BCUT2D eigenvalue weighted by Crippen LogP contribution is 2.69. The normalized spacial score (nSPS) is 36.6. The highest BCUT2D eigenvalue weighted by Gasteiger charge is 2.65. The van der Waals surface area contributed by atoms with Crippen LogP contribution < -0.4 is 0 Å². The van der Waals surface area contributed by atoms with Gasteiger partial charge in [-0.25, -0.2) is 0 Å². The smallest absolute Gasteiger partial charge is 0.302 e. The van der Waals surface area contributed by atoms with E-state index < -0.39 is 0 Å². The van der Waals surface area contributed by atoms with Gasteiger partial charge in [-0.3, -0.25) is 9.59 Å². The molecule has 4 aliphatic carbocycles. The minimum absolute atomic E-state index is 0.0160. The number of benzene rings is 2. The van der Waals surface area contributed by atoms with Crippen molar-refractivity contribution in [2.75, 3.05) is 0 Å². The summed E-state index contributed by atoms with van der Waals surface area (Å²) < 4.78 is 12.1. The highest BCUT2D eigenvalue weighted by molar-refractivity contribution is 5.79. The number of fused-ring (bicyclic) bond motifs is 5. The summed E-state index contributed by atoms with van der Waals surface area (Å²) in [5.41, 5.74) is 4.01. The van der Waals surface area contributed by atoms with Crippen molar-refractivity contribution < 1.29 is 19.1 Å². The first kappa shape index (κ1) is 31.1. The van der Waals surface area contributed by atoms with Gasteiger partial charge in [-0.2, -0.15) is 0 Å². The van der Waals surface area contributed by atoms with Gasteiger partial charge in [-0.1, -0.05) is 87.5 Å². The van der Waals surface area contributed by atoms with Gasteiger partial charge in [0.2, 0.25) is 0 Å². The Bertz CT molecular complexity index is 1310. The summed E-state index contributed by atoms with van der Waals surface area (Å²) in [5, 5.41) is 0. The Balaban J connectivity index is 1.26. The monoisotopic (exact) mass is 596 g/mol. The molecule has 0 aliphatic heterocycles. The SMILES string of the molecule is CC(=O)O[C@@H]1CC[C@@]2(C)C(CCC3C2C[C@H](OC(C)=O)[C@]2(C)C(C(C)CC=C(c4ccccc4)c4ccccc4)CCC32)C1. The molecule has 6 unspecified atom stereocenters. The molecule has 2 aromatic rings. The van der Waals surface area contributed by atoms with Crippen LogP contribution in [-0.4, -0.2) is 24.1 Å². The van der Waals surface area contributed by atoms with Gasteiger partial charge in [-0.15, -0.1) is 0 Å². The van der Waals surface area contributed by atoms with Crippen molar-refractivity contribution >= 4 is 17.5 Å². The maximum absolute atomic E-state index is 12.6. The molecule has 0 aromatic heterocycles. The Morgan fingerprint density at radius 2 is 1.45 bits per heavy atom. The summed E-state index contributed by atoms with van der Waals surface area (Å²) >= 11 is 0. The molecule has 236 valence electrons. The first-order valence-corrected chi connectivity index (χ1v) is 17.3. The number of carbonyl (C=O) groups is 2. The fourth-order valence-corrected chi connectivity index (χ4v) is 10.9. The summed E-state index contributed by atoms with van der Waals surface area (Å²) in [6, 6.07) is 21.5. The van der Waals surface area contributed by atoms with E-state index in [9.17, 15) is 9.59 Å². The minimum Gasteiger partial charge on any atom is -0.463 e. The van der Waals surface area contributed by atoms with E-state index in [2.05, 4.69) is 87.5 Å². The van der Waals surface area contributed by atoms with Crippen LogP contribution in [0.25, 0.3) is 5.57 Å². The average molecular weight is 597 g/mol. The molecule has 0 spiro atoms. The van der Waals surface area contributed by atoms with Crippen molar-refractivity contribution in [1.82, 2.24) is 0 Å². The fourth-order valence-electron chi connectivity index (χ4n) is 10.9. The molecule has 6 rings (SSSR count). The Morgan fingerprint density at radius 1 is 0.818 bits per heavy atom. The Morgan fingerprint density at radius 3 is 2.07 bits per heavy atom. The lowest BCUT2D eigenvalue weighted by Crippen LogP contribution is -2.59. The van der Waals surface area contributed by atoms with Gasteiger partial charge >= 0.3 is 11.9 Å². The van der Waals surface area contributed by atoms with Gasteiger partial charge in [0.05, 0.1) is 0 Å². The van der Waals surface area contributed by atoms with Crippen molar-refractivity contribution in [2.45, 2.75) is 105 Å². The van der Waals surface area contributed by atoms with Crippen molar-refractivity contribution in [3.05, 3.63) is 77.9 Å². The van der Waals surface area contributed by atoms with E-state index in [0.717, 1.165) is 32.1 Å². The topological polar surface area (TPSA) is 52.6 Å². The Kier molecular flexibility index (Phi) is 8.83. The summed E-state index contributed by atoms with van der Waals surface area (Å²) in [5.74, 6) is 3.07. The third kappa shape index (κ3) is 5.67. The number of allylic oxidation sites excluding steroid dienone is 1. The van der Waals surface area contributed by atoms with Gasteiger partial charge in [0.25, 0.3) is 0 Å². The van der Waals surface area contributed by atoms with Crippen LogP contribution in [0.2, 0.25) is 0 Å². The predicted octanol–water partition coefficient (Wildman–Crippen LogP) is 9.28. The van der Waals surface area contributed by atoms with Crippen LogP contribution >= 0.6 is 0 Å². The maximum Gasteiger partial charge on any atom is 0.302 e. The zero-order chi connectivity index (χ0) is 31.1. The molecular formula is C40H52O4. The van der Waals surface area contributed by atoms with Gasteiger partial charge in [-0.05, 0) is 115 Å². The lowest BCUT2D eigenvalue weighted by atomic mass is 9.43. The standard InChI is InChI=1S/C40H52O4/c1-26(16-18-33(29-12-8-6-9-13-29)30-14-10-7-11-15-30)35-20-21-36-34-19-17-31-24-32(43-27(2)41)22-23-39(31,4)37(34)25-38(40(35,36)5)44-28(3)42/h6-15,18,26,31-32,34-38H,16-17,19-25H2,1-5H3/t26?,31?,32-,34?,35?,36?,37?,38+,39+,40-/m1/s1. The predicted molar refractivity (Wildman–Crippen MR) is 175 cm³/mol. The minimum atomic E-state index is -0.156. The Labute approximate surface area is 265 Å². The highest BCUT2D eigenvalue weighted by atomic mass is 16.5. The quantitative estimate of drug-likeness (QED) is 0.299. The van der Waals surface area contributed by atoms with Gasteiger partial charge < -0.3 is 9.47 Å². The van der Waals surface area contributed by atoms with Crippen molar-refractivity contribution in [2.24, 2.45) is 46.3 Å². The first-order valence-electron chi connectivity index (χ1n) is 17.3. The zero-order valence-electron chi connectivity index (χ0n) is 27.5. The second-order valence-corrected chi connectivity index (χ2v) is 15.1. The van der Waals surface area contributed by atoms with E-state index in [1.165, 1.54) is 49.3 Å². The molecule has 10 atom stereocenters. The number of ether oxygens (including phenoxy) is 2. The van der Waals surface area contributed by atoms with Crippen LogP contribution in [0.4, 0.5) is 0 Å². The van der Waals surface area contributed by atoms with Crippen LogP contribution in [0.1, 0.15) is 104 Å². The third-order valence-corrected chi connectivity index (χ3v) is 13.0. The third-order valence-electron chi connectivity index (χ3n) is 13.0. The van der Waals surface area contributed by atoms with Gasteiger partial charge in [0.15, 0.2) is 0 Å². The lowest BCUT2D eigenvalue weighted by molar-refractivity contribution is -0.197. The van der Waals surface area contributed by atoms with Crippen LogP contribution in [0, 0.1) is 46.3 Å². The number of hydrogen-bond acceptors (Lipinski definition) is 4. The van der Waals surface area contributed by atoms with Crippen LogP contribution in [0.15, 0.2) is 66.7 Å². The molecule has 4 fully saturated rings. The molecule has 0 saturated heterocycles. The first-order chi connectivity index (χ1) is 21.1. The van der Waals surface area contributed by atoms with Crippen molar-refractivity contribution in [1.29, 1.82) is 0 Å². The zero-order valence-corrected chi connectivity index (χ0v) is 27.5. The van der Waals surface area contributed by atoms with E-state index in [1.54, 1.807) is 6.92 Å². The molecule has 44 heavy (non-hydrogen) atoms. The van der Waals surface area contributed by atoms with Crippen LogP contribution in [0.3, 0.4) is 0 Å². The number of carbonyl (C=O) groups excluding carboxylic acids is 2. The molecule has 2 aromatic carbocycles. The van der Waals surface area contributed by atoms with Crippen molar-refractivity contribution in [3.8, 4) is 0 Å². The largest absolute Gasteiger partial charge is 0.463 e. The van der Waals surface area contributed by atoms with E-state index in [4.69, 9.17) is 9.47 Å². The summed E-state index contributed by atoms with van der Waals surface area (Å²) in [7, 11) is 0. The number of esters is 2. The van der Waals surface area contributed by atoms with Crippen molar-refractivity contribution in [3.63, 3.8) is 0 Å². The average Bonchev–Trinajstić information content (AvgIpc) is 3.37. The van der Waals surface area contributed by atoms with E-state index in [1.807, 2.05) is 0 Å². The molecule has 0 bridgehead atoms. The molecule has 0 heterocycles. The van der Waals surface area contributed by atoms with Crippen LogP contribution in [0.5, 0.6) is 0 Å². The molecule has 4 aliphatic rings. The molecule has 0 radical (unpaired) electrons. The molecular weight excluding hydrogens is 544 g/mol. The second-order valence-electron chi connectivity index (χ2n) is 15.1. The summed E-state index contributed by atoms with van der Waals surface area (Å²) in [4.78, 5) is 24.4.